The summed E-state index contributed by atoms with van der Waals surface area (Å²) in [5.41, 5.74) is 2.00. The van der Waals surface area contributed by atoms with Crippen LogP contribution in [0.15, 0.2) is 24.3 Å². The van der Waals surface area contributed by atoms with Crippen LogP contribution < -0.4 is 0 Å². The number of amides is 1. The van der Waals surface area contributed by atoms with Crippen LogP contribution >= 0.6 is 0 Å². The van der Waals surface area contributed by atoms with Gasteiger partial charge in [-0.2, -0.15) is 0 Å². The monoisotopic (exact) mass is 341 g/mol. The lowest BCUT2D eigenvalue weighted by atomic mass is 9.79. The number of carbonyl (C=O) groups is 1. The van der Waals surface area contributed by atoms with Gasteiger partial charge in [0.2, 0.25) is 0 Å². The molecule has 2 aromatic rings. The summed E-state index contributed by atoms with van der Waals surface area (Å²) in [6.45, 7) is 5.76. The standard InChI is InChI=1S/C18H23N5O2/c1-14-19-20-21-23(14)11-15-3-5-16(6-4-15)17(24)22-9-2-7-18(12-22)8-10-25-13-18/h3-6H,2,7-13H2,1H3/t18-/m0/s1. The van der Waals surface area contributed by atoms with Gasteiger partial charge in [0.1, 0.15) is 5.82 Å². The van der Waals surface area contributed by atoms with Crippen molar-refractivity contribution in [3.05, 3.63) is 41.2 Å². The van der Waals surface area contributed by atoms with Crippen molar-refractivity contribution in [2.75, 3.05) is 26.3 Å². The molecule has 0 saturated carbocycles. The summed E-state index contributed by atoms with van der Waals surface area (Å²) in [6, 6.07) is 7.77. The Balaban J connectivity index is 1.44. The Bertz CT molecular complexity index is 749. The van der Waals surface area contributed by atoms with Gasteiger partial charge in [-0.1, -0.05) is 12.1 Å². The predicted octanol–water partition coefficient (Wildman–Crippen LogP) is 1.67. The molecule has 4 rings (SSSR count). The Morgan fingerprint density at radius 2 is 2.12 bits per heavy atom. The molecule has 1 amide bonds. The summed E-state index contributed by atoms with van der Waals surface area (Å²) in [6.07, 6.45) is 3.30. The molecule has 2 aliphatic rings. The first-order valence-electron chi connectivity index (χ1n) is 8.84. The van der Waals surface area contributed by atoms with Gasteiger partial charge < -0.3 is 9.64 Å². The number of tetrazole rings is 1. The summed E-state index contributed by atoms with van der Waals surface area (Å²) >= 11 is 0. The summed E-state index contributed by atoms with van der Waals surface area (Å²) in [7, 11) is 0. The van der Waals surface area contributed by atoms with E-state index in [1.54, 1.807) is 4.68 Å². The van der Waals surface area contributed by atoms with Crippen LogP contribution in [0.4, 0.5) is 0 Å². The number of hydrogen-bond acceptors (Lipinski definition) is 5. The predicted molar refractivity (Wildman–Crippen MR) is 91.1 cm³/mol. The van der Waals surface area contributed by atoms with E-state index in [9.17, 15) is 4.79 Å². The van der Waals surface area contributed by atoms with Gasteiger partial charge in [0.25, 0.3) is 5.91 Å². The molecule has 3 heterocycles. The molecule has 0 unspecified atom stereocenters. The maximum atomic E-state index is 12.9. The minimum absolute atomic E-state index is 0.121. The molecule has 1 aromatic heterocycles. The average Bonchev–Trinajstić information content (AvgIpc) is 3.25. The lowest BCUT2D eigenvalue weighted by Crippen LogP contribution is -2.46. The largest absolute Gasteiger partial charge is 0.381 e. The van der Waals surface area contributed by atoms with Crippen molar-refractivity contribution in [1.29, 1.82) is 0 Å². The maximum absolute atomic E-state index is 12.9. The number of nitrogens with zero attached hydrogens (tertiary/aromatic N) is 5. The van der Waals surface area contributed by atoms with Gasteiger partial charge in [0.15, 0.2) is 0 Å². The zero-order chi connectivity index (χ0) is 17.3. The van der Waals surface area contributed by atoms with Crippen molar-refractivity contribution >= 4 is 5.91 Å². The van der Waals surface area contributed by atoms with Crippen molar-refractivity contribution in [2.45, 2.75) is 32.7 Å². The summed E-state index contributed by atoms with van der Waals surface area (Å²) in [4.78, 5) is 14.9. The summed E-state index contributed by atoms with van der Waals surface area (Å²) in [5.74, 6) is 0.897. The van der Waals surface area contributed by atoms with E-state index >= 15 is 0 Å². The van der Waals surface area contributed by atoms with E-state index in [2.05, 4.69) is 15.5 Å². The summed E-state index contributed by atoms with van der Waals surface area (Å²) in [5, 5.41) is 11.5. The highest BCUT2D eigenvalue weighted by Crippen LogP contribution is 2.38. The van der Waals surface area contributed by atoms with E-state index in [0.717, 1.165) is 56.1 Å². The number of hydrogen-bond donors (Lipinski definition) is 0. The second-order valence-electron chi connectivity index (χ2n) is 7.21. The topological polar surface area (TPSA) is 73.1 Å². The van der Waals surface area contributed by atoms with Crippen LogP contribution in [-0.2, 0) is 11.3 Å². The molecule has 0 bridgehead atoms. The second-order valence-corrected chi connectivity index (χ2v) is 7.21. The van der Waals surface area contributed by atoms with Crippen LogP contribution in [0.3, 0.4) is 0 Å². The molecule has 2 fully saturated rings. The van der Waals surface area contributed by atoms with E-state index in [-0.39, 0.29) is 11.3 Å². The molecule has 0 radical (unpaired) electrons. The lowest BCUT2D eigenvalue weighted by molar-refractivity contribution is 0.0462. The normalized spacial score (nSPS) is 23.3. The summed E-state index contributed by atoms with van der Waals surface area (Å²) < 4.78 is 7.33. The molecular weight excluding hydrogens is 318 g/mol. The SMILES string of the molecule is Cc1nnnn1Cc1ccc(C(=O)N2CCC[C@]3(CCOC3)C2)cc1. The highest BCUT2D eigenvalue weighted by Gasteiger charge is 2.40. The second kappa shape index (κ2) is 6.55. The number of likely N-dealkylation sites (tertiary alicyclic amines) is 1. The first-order valence-corrected chi connectivity index (χ1v) is 8.84. The highest BCUT2D eigenvalue weighted by atomic mass is 16.5. The fourth-order valence-corrected chi connectivity index (χ4v) is 3.86. The third kappa shape index (κ3) is 3.28. The molecular formula is C18H23N5O2. The van der Waals surface area contributed by atoms with E-state index in [1.807, 2.05) is 36.1 Å². The van der Waals surface area contributed by atoms with Crippen LogP contribution in [0.25, 0.3) is 0 Å². The van der Waals surface area contributed by atoms with E-state index in [0.29, 0.717) is 6.54 Å². The number of aryl methyl sites for hydroxylation is 1. The van der Waals surface area contributed by atoms with Gasteiger partial charge in [0, 0.05) is 30.7 Å². The van der Waals surface area contributed by atoms with Crippen LogP contribution in [-0.4, -0.2) is 57.3 Å². The van der Waals surface area contributed by atoms with Crippen LogP contribution in [0, 0.1) is 12.3 Å². The number of rotatable bonds is 3. The molecule has 132 valence electrons. The lowest BCUT2D eigenvalue weighted by Gasteiger charge is -2.39. The van der Waals surface area contributed by atoms with Gasteiger partial charge in [-0.15, -0.1) is 5.10 Å². The van der Waals surface area contributed by atoms with Gasteiger partial charge >= 0.3 is 0 Å². The molecule has 25 heavy (non-hydrogen) atoms. The number of piperidine rings is 1. The van der Waals surface area contributed by atoms with Crippen molar-refractivity contribution in [1.82, 2.24) is 25.1 Å². The molecule has 2 aliphatic heterocycles. The van der Waals surface area contributed by atoms with Gasteiger partial charge in [-0.3, -0.25) is 4.79 Å². The number of carbonyl (C=O) groups excluding carboxylic acids is 1. The van der Waals surface area contributed by atoms with Crippen LogP contribution in [0.1, 0.15) is 41.0 Å². The Morgan fingerprint density at radius 1 is 1.28 bits per heavy atom. The molecule has 1 atom stereocenters. The quantitative estimate of drug-likeness (QED) is 0.849. The van der Waals surface area contributed by atoms with Gasteiger partial charge in [0.05, 0.1) is 13.2 Å². The average molecular weight is 341 g/mol. The zero-order valence-electron chi connectivity index (χ0n) is 14.5. The maximum Gasteiger partial charge on any atom is 0.253 e. The minimum atomic E-state index is 0.121. The van der Waals surface area contributed by atoms with E-state index < -0.39 is 0 Å². The van der Waals surface area contributed by atoms with E-state index in [1.165, 1.54) is 6.42 Å². The van der Waals surface area contributed by atoms with Gasteiger partial charge in [-0.05, 0) is 54.3 Å². The Kier molecular flexibility index (Phi) is 4.25. The van der Waals surface area contributed by atoms with Crippen molar-refractivity contribution in [3.8, 4) is 0 Å². The highest BCUT2D eigenvalue weighted by molar-refractivity contribution is 5.94. The zero-order valence-corrected chi connectivity index (χ0v) is 14.5. The fourth-order valence-electron chi connectivity index (χ4n) is 3.86. The Labute approximate surface area is 147 Å². The molecule has 7 nitrogen and oxygen atoms in total. The van der Waals surface area contributed by atoms with Crippen molar-refractivity contribution < 1.29 is 9.53 Å². The van der Waals surface area contributed by atoms with Crippen LogP contribution in [0.2, 0.25) is 0 Å². The van der Waals surface area contributed by atoms with Gasteiger partial charge in [-0.25, -0.2) is 4.68 Å². The van der Waals surface area contributed by atoms with Crippen molar-refractivity contribution in [3.63, 3.8) is 0 Å². The minimum Gasteiger partial charge on any atom is -0.381 e. The number of ether oxygens (including phenoxy) is 1. The molecule has 0 N–H and O–H groups in total. The first kappa shape index (κ1) is 16.2. The fraction of sp³-hybridized carbons (Fsp3) is 0.556. The first-order chi connectivity index (χ1) is 12.2. The number of benzene rings is 1. The third-order valence-corrected chi connectivity index (χ3v) is 5.38. The third-order valence-electron chi connectivity index (χ3n) is 5.38. The molecule has 1 aromatic carbocycles. The van der Waals surface area contributed by atoms with Crippen LogP contribution in [0.5, 0.6) is 0 Å². The Morgan fingerprint density at radius 3 is 2.80 bits per heavy atom. The Hall–Kier alpha value is -2.28. The number of aromatic nitrogens is 4. The molecule has 1 spiro atoms. The molecule has 2 saturated heterocycles. The molecule has 0 aliphatic carbocycles. The van der Waals surface area contributed by atoms with E-state index in [4.69, 9.17) is 4.74 Å². The smallest absolute Gasteiger partial charge is 0.253 e. The van der Waals surface area contributed by atoms with Crippen molar-refractivity contribution in [2.24, 2.45) is 5.41 Å². The molecule has 7 heteroatoms.